The molecule has 5 rings (SSSR count). The van der Waals surface area contributed by atoms with Crippen LogP contribution in [0.2, 0.25) is 0 Å². The Bertz CT molecular complexity index is 977. The van der Waals surface area contributed by atoms with E-state index in [9.17, 15) is 4.79 Å². The molecule has 1 aliphatic heterocycles. The molecule has 0 spiro atoms. The van der Waals surface area contributed by atoms with Gasteiger partial charge in [-0.25, -0.2) is 4.98 Å². The number of amides is 1. The normalized spacial score (nSPS) is 19.1. The van der Waals surface area contributed by atoms with Crippen LogP contribution in [-0.4, -0.2) is 31.9 Å². The third kappa shape index (κ3) is 3.11. The zero-order chi connectivity index (χ0) is 18.9. The second kappa shape index (κ2) is 7.23. The van der Waals surface area contributed by atoms with Crippen molar-refractivity contribution in [3.63, 3.8) is 0 Å². The molecule has 142 valence electrons. The van der Waals surface area contributed by atoms with Crippen LogP contribution in [-0.2, 0) is 17.9 Å². The highest BCUT2D eigenvalue weighted by atomic mass is 16.2. The number of hydrogen-bond acceptors (Lipinski definition) is 3. The molecule has 3 aromatic rings. The van der Waals surface area contributed by atoms with E-state index in [2.05, 4.69) is 44.8 Å². The van der Waals surface area contributed by atoms with Crippen LogP contribution in [0.1, 0.15) is 47.7 Å². The van der Waals surface area contributed by atoms with E-state index >= 15 is 0 Å². The summed E-state index contributed by atoms with van der Waals surface area (Å²) in [4.78, 5) is 24.0. The molecule has 1 amide bonds. The highest BCUT2D eigenvalue weighted by Crippen LogP contribution is 2.36. The number of pyridine rings is 1. The van der Waals surface area contributed by atoms with Gasteiger partial charge in [0.1, 0.15) is 5.82 Å². The SMILES string of the molecule is O=C(C1CCC1)N1Cc2ccccc2[C@H](c2nccn2Cc2cccnc2)C1. The minimum atomic E-state index is 0.0978. The van der Waals surface area contributed by atoms with Crippen LogP contribution in [0.5, 0.6) is 0 Å². The molecule has 5 heteroatoms. The van der Waals surface area contributed by atoms with Crippen LogP contribution in [0, 0.1) is 5.92 Å². The largest absolute Gasteiger partial charge is 0.337 e. The standard InChI is InChI=1S/C23H24N4O/c28-23(18-7-3-8-18)27-15-19-6-1-2-9-20(19)21(16-27)22-25-11-12-26(22)14-17-5-4-10-24-13-17/h1-2,4-6,9-13,18,21H,3,7-8,14-16H2/t21-/m1/s1. The molecule has 1 saturated carbocycles. The van der Waals surface area contributed by atoms with E-state index in [0.29, 0.717) is 19.0 Å². The van der Waals surface area contributed by atoms with Crippen molar-refractivity contribution in [3.8, 4) is 0 Å². The number of fused-ring (bicyclic) bond motifs is 1. The highest BCUT2D eigenvalue weighted by molar-refractivity contribution is 5.80. The van der Waals surface area contributed by atoms with Gasteiger partial charge in [-0.2, -0.15) is 0 Å². The number of hydrogen-bond donors (Lipinski definition) is 0. The first-order valence-electron chi connectivity index (χ1n) is 10.1. The maximum Gasteiger partial charge on any atom is 0.226 e. The Balaban J connectivity index is 1.48. The topological polar surface area (TPSA) is 51.0 Å². The number of rotatable bonds is 4. The molecule has 1 aromatic carbocycles. The predicted molar refractivity (Wildman–Crippen MR) is 107 cm³/mol. The summed E-state index contributed by atoms with van der Waals surface area (Å²) in [7, 11) is 0. The molecule has 2 aromatic heterocycles. The van der Waals surface area contributed by atoms with Gasteiger partial charge in [-0.05, 0) is 35.6 Å². The van der Waals surface area contributed by atoms with E-state index in [-0.39, 0.29) is 11.8 Å². The second-order valence-corrected chi connectivity index (χ2v) is 7.87. The molecular weight excluding hydrogens is 348 g/mol. The maximum atomic E-state index is 13.0. The summed E-state index contributed by atoms with van der Waals surface area (Å²) in [5.41, 5.74) is 3.68. The van der Waals surface area contributed by atoms with Crippen LogP contribution in [0.3, 0.4) is 0 Å². The number of aromatic nitrogens is 3. The molecule has 28 heavy (non-hydrogen) atoms. The Morgan fingerprint density at radius 1 is 1.11 bits per heavy atom. The lowest BCUT2D eigenvalue weighted by Gasteiger charge is -2.38. The third-order valence-corrected chi connectivity index (χ3v) is 6.10. The summed E-state index contributed by atoms with van der Waals surface area (Å²) in [6.45, 7) is 2.15. The van der Waals surface area contributed by atoms with Crippen molar-refractivity contribution in [2.45, 2.75) is 38.3 Å². The van der Waals surface area contributed by atoms with Gasteiger partial charge < -0.3 is 9.47 Å². The van der Waals surface area contributed by atoms with Crippen molar-refractivity contribution >= 4 is 5.91 Å². The molecule has 0 bridgehead atoms. The van der Waals surface area contributed by atoms with Gasteiger partial charge in [0, 0.05) is 43.8 Å². The van der Waals surface area contributed by atoms with Crippen LogP contribution in [0.4, 0.5) is 0 Å². The van der Waals surface area contributed by atoms with Crippen molar-refractivity contribution in [1.82, 2.24) is 19.4 Å². The molecule has 1 aliphatic carbocycles. The Hall–Kier alpha value is -2.95. The number of carbonyl (C=O) groups is 1. The molecule has 0 unspecified atom stereocenters. The van der Waals surface area contributed by atoms with E-state index in [0.717, 1.165) is 30.8 Å². The van der Waals surface area contributed by atoms with Crippen molar-refractivity contribution in [2.75, 3.05) is 6.54 Å². The summed E-state index contributed by atoms with van der Waals surface area (Å²) in [6.07, 6.45) is 10.8. The van der Waals surface area contributed by atoms with E-state index in [1.165, 1.54) is 17.5 Å². The zero-order valence-electron chi connectivity index (χ0n) is 15.9. The molecule has 2 aliphatic rings. The van der Waals surface area contributed by atoms with E-state index in [4.69, 9.17) is 4.98 Å². The summed E-state index contributed by atoms with van der Waals surface area (Å²) in [6, 6.07) is 12.5. The van der Waals surface area contributed by atoms with Crippen LogP contribution >= 0.6 is 0 Å². The lowest BCUT2D eigenvalue weighted by atomic mass is 9.82. The molecule has 0 saturated heterocycles. The number of imidazole rings is 1. The van der Waals surface area contributed by atoms with Crippen LogP contribution < -0.4 is 0 Å². The maximum absolute atomic E-state index is 13.0. The zero-order valence-corrected chi connectivity index (χ0v) is 15.9. The molecule has 1 atom stereocenters. The molecule has 1 fully saturated rings. The molecular formula is C23H24N4O. The highest BCUT2D eigenvalue weighted by Gasteiger charge is 2.35. The van der Waals surface area contributed by atoms with Gasteiger partial charge in [0.25, 0.3) is 0 Å². The van der Waals surface area contributed by atoms with Crippen molar-refractivity contribution in [3.05, 3.63) is 83.7 Å². The fourth-order valence-electron chi connectivity index (χ4n) is 4.36. The van der Waals surface area contributed by atoms with Gasteiger partial charge in [-0.1, -0.05) is 36.8 Å². The van der Waals surface area contributed by atoms with Gasteiger partial charge in [0.05, 0.1) is 12.5 Å². The Labute approximate surface area is 165 Å². The molecule has 0 radical (unpaired) electrons. The van der Waals surface area contributed by atoms with Gasteiger partial charge in [-0.3, -0.25) is 9.78 Å². The Morgan fingerprint density at radius 2 is 2.00 bits per heavy atom. The predicted octanol–water partition coefficient (Wildman–Crippen LogP) is 3.60. The van der Waals surface area contributed by atoms with Crippen molar-refractivity contribution < 1.29 is 4.79 Å². The average molecular weight is 372 g/mol. The summed E-state index contributed by atoms with van der Waals surface area (Å²) in [5, 5.41) is 0. The average Bonchev–Trinajstić information content (AvgIpc) is 3.14. The first kappa shape index (κ1) is 17.2. The Kier molecular flexibility index (Phi) is 4.43. The summed E-state index contributed by atoms with van der Waals surface area (Å²) >= 11 is 0. The third-order valence-electron chi connectivity index (χ3n) is 6.10. The van der Waals surface area contributed by atoms with Gasteiger partial charge in [0.2, 0.25) is 5.91 Å². The van der Waals surface area contributed by atoms with Crippen LogP contribution in [0.25, 0.3) is 0 Å². The summed E-state index contributed by atoms with van der Waals surface area (Å²) < 4.78 is 2.19. The van der Waals surface area contributed by atoms with Crippen molar-refractivity contribution in [1.29, 1.82) is 0 Å². The first-order chi connectivity index (χ1) is 13.8. The first-order valence-corrected chi connectivity index (χ1v) is 10.1. The lowest BCUT2D eigenvalue weighted by Crippen LogP contribution is -2.43. The van der Waals surface area contributed by atoms with Gasteiger partial charge in [-0.15, -0.1) is 0 Å². The lowest BCUT2D eigenvalue weighted by molar-refractivity contribution is -0.139. The minimum absolute atomic E-state index is 0.0978. The van der Waals surface area contributed by atoms with E-state index in [1.807, 2.05) is 24.7 Å². The smallest absolute Gasteiger partial charge is 0.226 e. The minimum Gasteiger partial charge on any atom is -0.337 e. The number of nitrogens with zero attached hydrogens (tertiary/aromatic N) is 4. The van der Waals surface area contributed by atoms with E-state index in [1.54, 1.807) is 6.20 Å². The van der Waals surface area contributed by atoms with Gasteiger partial charge in [0.15, 0.2) is 0 Å². The molecule has 0 N–H and O–H groups in total. The second-order valence-electron chi connectivity index (χ2n) is 7.87. The van der Waals surface area contributed by atoms with Gasteiger partial charge >= 0.3 is 0 Å². The fourth-order valence-corrected chi connectivity index (χ4v) is 4.36. The van der Waals surface area contributed by atoms with Crippen LogP contribution in [0.15, 0.2) is 61.2 Å². The van der Waals surface area contributed by atoms with E-state index < -0.39 is 0 Å². The molecule has 3 heterocycles. The Morgan fingerprint density at radius 3 is 2.79 bits per heavy atom. The summed E-state index contributed by atoms with van der Waals surface area (Å²) in [5.74, 6) is 1.65. The molecule has 5 nitrogen and oxygen atoms in total. The fraction of sp³-hybridized carbons (Fsp3) is 0.348. The number of benzene rings is 1. The monoisotopic (exact) mass is 372 g/mol. The van der Waals surface area contributed by atoms with Crippen molar-refractivity contribution in [2.24, 2.45) is 5.92 Å². The quantitative estimate of drug-likeness (QED) is 0.703. The number of carbonyl (C=O) groups excluding carboxylic acids is 1.